The minimum absolute atomic E-state index is 0.00936. The molecule has 0 fully saturated rings. The Morgan fingerprint density at radius 2 is 1.06 bits per heavy atom. The summed E-state index contributed by atoms with van der Waals surface area (Å²) in [6.07, 6.45) is 0. The van der Waals surface area contributed by atoms with Gasteiger partial charge in [0.15, 0.2) is 0 Å². The predicted octanol–water partition coefficient (Wildman–Crippen LogP) is 11.2. The third-order valence-electron chi connectivity index (χ3n) is 8.96. The van der Waals surface area contributed by atoms with Gasteiger partial charge in [-0.2, -0.15) is 0 Å². The number of nitrogens with zero attached hydrogens (tertiary/aromatic N) is 2. The van der Waals surface area contributed by atoms with Crippen LogP contribution in [0, 0.1) is 0 Å². The summed E-state index contributed by atoms with van der Waals surface area (Å²) in [6.45, 7) is 0. The molecule has 0 aliphatic carbocycles. The first-order valence-corrected chi connectivity index (χ1v) is 15.7. The summed E-state index contributed by atoms with van der Waals surface area (Å²) in [5.41, 5.74) is 9.83. The van der Waals surface area contributed by atoms with Gasteiger partial charge in [0.25, 0.3) is 0 Å². The highest BCUT2D eigenvalue weighted by molar-refractivity contribution is 6.10. The molecule has 4 nitrogen and oxygen atoms in total. The number of aromatic nitrogens is 1. The van der Waals surface area contributed by atoms with Gasteiger partial charge in [-0.15, -0.1) is 0 Å². The normalized spacial score (nSPS) is 11.5. The lowest BCUT2D eigenvalue weighted by Crippen LogP contribution is -2.09. The van der Waals surface area contributed by atoms with E-state index in [1.807, 2.05) is 54.6 Å². The van der Waals surface area contributed by atoms with Gasteiger partial charge in [-0.05, 0) is 96.1 Å². The molecule has 0 radical (unpaired) electrons. The molecule has 0 bridgehead atoms. The predicted molar refractivity (Wildman–Crippen MR) is 194 cm³/mol. The number of anilines is 3. The lowest BCUT2D eigenvalue weighted by Gasteiger charge is -2.25. The third-order valence-corrected chi connectivity index (χ3v) is 8.96. The van der Waals surface area contributed by atoms with Crippen molar-refractivity contribution in [3.63, 3.8) is 0 Å². The van der Waals surface area contributed by atoms with Gasteiger partial charge in [0.05, 0.1) is 21.8 Å². The van der Waals surface area contributed by atoms with Gasteiger partial charge in [0.2, 0.25) is 5.43 Å². The van der Waals surface area contributed by atoms with Crippen molar-refractivity contribution in [3.8, 4) is 16.8 Å². The van der Waals surface area contributed by atoms with Crippen LogP contribution in [0.15, 0.2) is 179 Å². The molecule has 4 heteroatoms. The summed E-state index contributed by atoms with van der Waals surface area (Å²) in [5, 5.41) is 3.55. The summed E-state index contributed by atoms with van der Waals surface area (Å²) in [6, 6.07) is 58.1. The van der Waals surface area contributed by atoms with Crippen molar-refractivity contribution in [1.29, 1.82) is 0 Å². The zero-order valence-electron chi connectivity index (χ0n) is 25.4. The van der Waals surface area contributed by atoms with Crippen LogP contribution in [0.4, 0.5) is 17.1 Å². The Hall–Kier alpha value is -6.39. The van der Waals surface area contributed by atoms with Crippen molar-refractivity contribution in [2.24, 2.45) is 0 Å². The molecule has 0 saturated carbocycles. The van der Waals surface area contributed by atoms with Crippen LogP contribution in [0.25, 0.3) is 60.6 Å². The second-order valence-corrected chi connectivity index (χ2v) is 11.7. The summed E-state index contributed by atoms with van der Waals surface area (Å²) in [7, 11) is 0. The largest absolute Gasteiger partial charge is 0.456 e. The molecule has 0 aliphatic heterocycles. The van der Waals surface area contributed by atoms with E-state index >= 15 is 0 Å². The van der Waals surface area contributed by atoms with Crippen LogP contribution in [0.5, 0.6) is 0 Å². The number of benzene rings is 7. The molecule has 0 amide bonds. The summed E-state index contributed by atoms with van der Waals surface area (Å²) in [5.74, 6) is 0. The van der Waals surface area contributed by atoms with E-state index in [-0.39, 0.29) is 5.43 Å². The molecular formula is C43H28N2O2. The lowest BCUT2D eigenvalue weighted by atomic mass is 10.0. The van der Waals surface area contributed by atoms with Gasteiger partial charge < -0.3 is 13.9 Å². The molecule has 7 aromatic carbocycles. The molecule has 2 aromatic heterocycles. The monoisotopic (exact) mass is 604 g/mol. The zero-order valence-corrected chi connectivity index (χ0v) is 25.4. The van der Waals surface area contributed by atoms with Crippen molar-refractivity contribution in [2.45, 2.75) is 0 Å². The van der Waals surface area contributed by atoms with Crippen LogP contribution in [-0.2, 0) is 0 Å². The quantitative estimate of drug-likeness (QED) is 0.183. The molecule has 0 atom stereocenters. The van der Waals surface area contributed by atoms with Gasteiger partial charge in [0, 0.05) is 33.5 Å². The van der Waals surface area contributed by atoms with Crippen molar-refractivity contribution in [2.75, 3.05) is 4.90 Å². The third kappa shape index (κ3) is 4.50. The maximum atomic E-state index is 13.2. The Morgan fingerprint density at radius 1 is 0.426 bits per heavy atom. The topological polar surface area (TPSA) is 38.4 Å². The first-order valence-electron chi connectivity index (χ1n) is 15.7. The van der Waals surface area contributed by atoms with E-state index in [1.165, 1.54) is 10.8 Å². The van der Waals surface area contributed by atoms with Crippen LogP contribution in [0.3, 0.4) is 0 Å². The van der Waals surface area contributed by atoms with Crippen molar-refractivity contribution >= 4 is 60.8 Å². The lowest BCUT2D eigenvalue weighted by molar-refractivity contribution is 0.660. The molecule has 0 unspecified atom stereocenters. The van der Waals surface area contributed by atoms with Crippen LogP contribution in [-0.4, -0.2) is 4.57 Å². The van der Waals surface area contributed by atoms with Gasteiger partial charge in [-0.1, -0.05) is 84.9 Å². The molecule has 47 heavy (non-hydrogen) atoms. The molecule has 9 rings (SSSR count). The molecule has 0 spiro atoms. The van der Waals surface area contributed by atoms with Crippen LogP contribution >= 0.6 is 0 Å². The van der Waals surface area contributed by atoms with E-state index in [1.54, 1.807) is 0 Å². The van der Waals surface area contributed by atoms with E-state index < -0.39 is 0 Å². The molecule has 0 N–H and O–H groups in total. The number of rotatable bonds is 5. The van der Waals surface area contributed by atoms with Crippen molar-refractivity contribution in [3.05, 3.63) is 180 Å². The highest BCUT2D eigenvalue weighted by Gasteiger charge is 2.17. The molecule has 222 valence electrons. The molecular weight excluding hydrogens is 576 g/mol. The van der Waals surface area contributed by atoms with E-state index in [0.717, 1.165) is 44.9 Å². The molecule has 0 aliphatic rings. The maximum absolute atomic E-state index is 13.2. The smallest absolute Gasteiger partial charge is 0.200 e. The Kier molecular flexibility index (Phi) is 6.25. The summed E-state index contributed by atoms with van der Waals surface area (Å²) in [4.78, 5) is 15.5. The van der Waals surface area contributed by atoms with Crippen LogP contribution in [0.1, 0.15) is 0 Å². The number of hydrogen-bond donors (Lipinski definition) is 0. The minimum Gasteiger partial charge on any atom is -0.456 e. The fourth-order valence-electron chi connectivity index (χ4n) is 6.78. The van der Waals surface area contributed by atoms with E-state index in [0.29, 0.717) is 21.9 Å². The highest BCUT2D eigenvalue weighted by Crippen LogP contribution is 2.40. The second-order valence-electron chi connectivity index (χ2n) is 11.7. The maximum Gasteiger partial charge on any atom is 0.200 e. The van der Waals surface area contributed by atoms with Crippen LogP contribution in [0.2, 0.25) is 0 Å². The molecule has 2 heterocycles. The Labute approximate surface area is 271 Å². The number of para-hydroxylation sites is 4. The second kappa shape index (κ2) is 10.9. The SMILES string of the molecule is O=c1c2ccccc2oc2cc(-c3cccc(-n4c5ccccc5c5cc(N(c6ccccc6)c6ccccc6)ccc54)c3)ccc12. The summed E-state index contributed by atoms with van der Waals surface area (Å²) < 4.78 is 8.53. The Morgan fingerprint density at radius 3 is 1.85 bits per heavy atom. The van der Waals surface area contributed by atoms with Crippen molar-refractivity contribution < 1.29 is 4.42 Å². The minimum atomic E-state index is -0.00936. The number of hydrogen-bond acceptors (Lipinski definition) is 3. The van der Waals surface area contributed by atoms with E-state index in [9.17, 15) is 4.79 Å². The van der Waals surface area contributed by atoms with Gasteiger partial charge in [-0.3, -0.25) is 4.79 Å². The average molecular weight is 605 g/mol. The first-order chi connectivity index (χ1) is 23.2. The fraction of sp³-hybridized carbons (Fsp3) is 0. The van der Waals surface area contributed by atoms with Crippen LogP contribution < -0.4 is 10.3 Å². The molecule has 0 saturated heterocycles. The van der Waals surface area contributed by atoms with E-state index in [2.05, 4.69) is 125 Å². The standard InChI is InChI=1S/C43H28N2O2/c46-43-36-19-8-10-21-41(36)47-42-27-30(22-24-37(42)43)29-12-11-17-33(26-29)45-39-20-9-7-18-35(39)38-28-34(23-25-40(38)45)44(31-13-3-1-4-14-31)32-15-5-2-6-16-32/h1-28H. The Balaban J connectivity index is 1.20. The highest BCUT2D eigenvalue weighted by atomic mass is 16.3. The Bertz CT molecular complexity index is 2620. The average Bonchev–Trinajstić information content (AvgIpc) is 3.46. The van der Waals surface area contributed by atoms with Crippen molar-refractivity contribution in [1.82, 2.24) is 4.57 Å². The molecule has 9 aromatic rings. The summed E-state index contributed by atoms with van der Waals surface area (Å²) >= 11 is 0. The first kappa shape index (κ1) is 27.0. The fourth-order valence-corrected chi connectivity index (χ4v) is 6.78. The van der Waals surface area contributed by atoms with Gasteiger partial charge >= 0.3 is 0 Å². The zero-order chi connectivity index (χ0) is 31.3. The van der Waals surface area contributed by atoms with Gasteiger partial charge in [-0.25, -0.2) is 0 Å². The van der Waals surface area contributed by atoms with Gasteiger partial charge in [0.1, 0.15) is 11.2 Å². The van der Waals surface area contributed by atoms with E-state index in [4.69, 9.17) is 4.42 Å². The number of fused-ring (bicyclic) bond motifs is 5.